The van der Waals surface area contributed by atoms with Gasteiger partial charge in [-0.1, -0.05) is 18.7 Å². The highest BCUT2D eigenvalue weighted by molar-refractivity contribution is 7.98. The molecule has 2 aromatic heterocycles. The number of ether oxygens (including phenoxy) is 1. The third-order valence-corrected chi connectivity index (χ3v) is 4.26. The van der Waals surface area contributed by atoms with Gasteiger partial charge in [0.2, 0.25) is 0 Å². The fraction of sp³-hybridized carbons (Fsp3) is 0.471. The van der Waals surface area contributed by atoms with Gasteiger partial charge in [-0.25, -0.2) is 9.97 Å². The van der Waals surface area contributed by atoms with Crippen LogP contribution >= 0.6 is 11.8 Å². The normalized spacial score (nSPS) is 10.7. The number of carbonyl (C=O) groups is 1. The molecule has 1 N–H and O–H groups in total. The van der Waals surface area contributed by atoms with Crippen LogP contribution in [0.2, 0.25) is 0 Å². The quantitative estimate of drug-likeness (QED) is 0.416. The summed E-state index contributed by atoms with van der Waals surface area (Å²) >= 11 is 1.49. The maximum atomic E-state index is 11.9. The van der Waals surface area contributed by atoms with E-state index in [4.69, 9.17) is 9.15 Å². The number of nitrogens with zero attached hydrogens (tertiary/aromatic N) is 3. The van der Waals surface area contributed by atoms with Crippen molar-refractivity contribution < 1.29 is 13.9 Å². The van der Waals surface area contributed by atoms with Crippen molar-refractivity contribution in [3.8, 4) is 0 Å². The van der Waals surface area contributed by atoms with Crippen LogP contribution in [0.3, 0.4) is 0 Å². The zero-order valence-corrected chi connectivity index (χ0v) is 15.9. The van der Waals surface area contributed by atoms with Crippen LogP contribution in [0.15, 0.2) is 27.8 Å². The summed E-state index contributed by atoms with van der Waals surface area (Å²) in [5, 5.41) is 3.43. The first-order chi connectivity index (χ1) is 12.0. The lowest BCUT2D eigenvalue weighted by molar-refractivity contribution is 0.0908. The molecule has 0 bridgehead atoms. The summed E-state index contributed by atoms with van der Waals surface area (Å²) in [7, 11) is 5.50. The van der Waals surface area contributed by atoms with Crippen molar-refractivity contribution in [1.82, 2.24) is 15.3 Å². The summed E-state index contributed by atoms with van der Waals surface area (Å²) in [5.41, 5.74) is 0.999. The van der Waals surface area contributed by atoms with Crippen LogP contribution in [0, 0.1) is 0 Å². The van der Waals surface area contributed by atoms with Gasteiger partial charge in [0.05, 0.1) is 12.4 Å². The maximum absolute atomic E-state index is 11.9. The van der Waals surface area contributed by atoms with Gasteiger partial charge >= 0.3 is 0 Å². The Kier molecular flexibility index (Phi) is 7.27. The number of aryl methyl sites for hydroxylation is 1. The van der Waals surface area contributed by atoms with E-state index in [-0.39, 0.29) is 5.91 Å². The summed E-state index contributed by atoms with van der Waals surface area (Å²) in [5.74, 6) is 2.20. The van der Waals surface area contributed by atoms with Crippen molar-refractivity contribution >= 4 is 23.5 Å². The molecule has 2 aromatic rings. The Hall–Kier alpha value is -2.06. The molecule has 0 aliphatic carbocycles. The first kappa shape index (κ1) is 19.3. The molecule has 0 saturated carbocycles. The van der Waals surface area contributed by atoms with E-state index in [2.05, 4.69) is 22.2 Å². The molecule has 0 saturated heterocycles. The molecule has 0 radical (unpaired) electrons. The third kappa shape index (κ3) is 5.75. The van der Waals surface area contributed by atoms with E-state index in [9.17, 15) is 4.79 Å². The molecule has 0 atom stereocenters. The van der Waals surface area contributed by atoms with Crippen LogP contribution < -0.4 is 10.2 Å². The molecule has 2 rings (SSSR count). The molecule has 0 spiro atoms. The summed E-state index contributed by atoms with van der Waals surface area (Å²) in [4.78, 5) is 22.9. The minimum atomic E-state index is -0.243. The number of nitrogens with one attached hydrogen (secondary N) is 1. The van der Waals surface area contributed by atoms with Crippen LogP contribution in [-0.4, -0.2) is 50.2 Å². The van der Waals surface area contributed by atoms with Crippen LogP contribution in [-0.2, 0) is 16.9 Å². The van der Waals surface area contributed by atoms with E-state index in [0.717, 1.165) is 17.9 Å². The van der Waals surface area contributed by atoms with Crippen LogP contribution in [0.5, 0.6) is 0 Å². The second-order valence-corrected chi connectivity index (χ2v) is 6.49. The standard InChI is InChI=1S/C17H24N4O3S/c1-5-12-10-15(21(2)3)20-17(19-12)25-11-13-6-7-14(24-13)16(22)18-8-9-23-4/h6-7,10H,5,8-9,11H2,1-4H3,(H,18,22). The van der Waals surface area contributed by atoms with E-state index in [0.29, 0.717) is 35.6 Å². The van der Waals surface area contributed by atoms with Crippen molar-refractivity contribution in [2.24, 2.45) is 0 Å². The zero-order valence-electron chi connectivity index (χ0n) is 15.0. The molecule has 136 valence electrons. The number of aromatic nitrogens is 2. The Morgan fingerprint density at radius 2 is 2.16 bits per heavy atom. The van der Waals surface area contributed by atoms with Gasteiger partial charge in [-0.3, -0.25) is 4.79 Å². The number of rotatable bonds is 9. The lowest BCUT2D eigenvalue weighted by Crippen LogP contribution is -2.26. The van der Waals surface area contributed by atoms with Crippen molar-refractivity contribution in [3.63, 3.8) is 0 Å². The average Bonchev–Trinajstić information content (AvgIpc) is 3.09. The number of hydrogen-bond acceptors (Lipinski definition) is 7. The van der Waals surface area contributed by atoms with E-state index < -0.39 is 0 Å². The van der Waals surface area contributed by atoms with Crippen molar-refractivity contribution in [3.05, 3.63) is 35.4 Å². The zero-order chi connectivity index (χ0) is 18.2. The van der Waals surface area contributed by atoms with Gasteiger partial charge in [-0.2, -0.15) is 0 Å². The third-order valence-electron chi connectivity index (χ3n) is 3.39. The van der Waals surface area contributed by atoms with Gasteiger partial charge in [0, 0.05) is 39.5 Å². The van der Waals surface area contributed by atoms with E-state index in [1.807, 2.05) is 25.1 Å². The minimum absolute atomic E-state index is 0.243. The monoisotopic (exact) mass is 364 g/mol. The van der Waals surface area contributed by atoms with Crippen LogP contribution in [0.4, 0.5) is 5.82 Å². The number of furan rings is 1. The molecular formula is C17H24N4O3S. The highest BCUT2D eigenvalue weighted by atomic mass is 32.2. The average molecular weight is 364 g/mol. The SMILES string of the molecule is CCc1cc(N(C)C)nc(SCc2ccc(C(=O)NCCOC)o2)n1. The second kappa shape index (κ2) is 9.43. The van der Waals surface area contributed by atoms with Crippen molar-refractivity contribution in [1.29, 1.82) is 0 Å². The van der Waals surface area contributed by atoms with E-state index >= 15 is 0 Å². The Bertz CT molecular complexity index is 703. The number of carbonyl (C=O) groups excluding carboxylic acids is 1. The molecule has 7 nitrogen and oxygen atoms in total. The molecule has 8 heteroatoms. The Labute approximate surface area is 152 Å². The summed E-state index contributed by atoms with van der Waals surface area (Å²) < 4.78 is 10.5. The highest BCUT2D eigenvalue weighted by Crippen LogP contribution is 2.23. The molecule has 0 aliphatic heterocycles. The summed E-state index contributed by atoms with van der Waals surface area (Å²) in [6.07, 6.45) is 0.851. The number of methoxy groups -OCH3 is 1. The Morgan fingerprint density at radius 1 is 1.36 bits per heavy atom. The van der Waals surface area contributed by atoms with E-state index in [1.165, 1.54) is 11.8 Å². The van der Waals surface area contributed by atoms with Crippen LogP contribution in [0.1, 0.15) is 28.9 Å². The predicted molar refractivity (Wildman–Crippen MR) is 98.2 cm³/mol. The molecular weight excluding hydrogens is 340 g/mol. The van der Waals surface area contributed by atoms with Gasteiger partial charge in [-0.15, -0.1) is 0 Å². The van der Waals surface area contributed by atoms with E-state index in [1.54, 1.807) is 19.2 Å². The lowest BCUT2D eigenvalue weighted by atomic mass is 10.3. The fourth-order valence-electron chi connectivity index (χ4n) is 2.00. The fourth-order valence-corrected chi connectivity index (χ4v) is 2.77. The largest absolute Gasteiger partial charge is 0.455 e. The number of amides is 1. The molecule has 1 amide bonds. The van der Waals surface area contributed by atoms with Gasteiger partial charge in [0.25, 0.3) is 5.91 Å². The summed E-state index contributed by atoms with van der Waals surface area (Å²) in [6, 6.07) is 5.46. The van der Waals surface area contributed by atoms with Gasteiger partial charge < -0.3 is 19.4 Å². The predicted octanol–water partition coefficient (Wildman–Crippen LogP) is 2.37. The van der Waals surface area contributed by atoms with Gasteiger partial charge in [0.15, 0.2) is 10.9 Å². The lowest BCUT2D eigenvalue weighted by Gasteiger charge is -2.13. The molecule has 0 aromatic carbocycles. The number of anilines is 1. The Balaban J connectivity index is 1.98. The molecule has 25 heavy (non-hydrogen) atoms. The molecule has 0 unspecified atom stereocenters. The summed E-state index contributed by atoms with van der Waals surface area (Å²) in [6.45, 7) is 2.98. The first-order valence-corrected chi connectivity index (χ1v) is 9.06. The number of hydrogen-bond donors (Lipinski definition) is 1. The molecule has 0 aliphatic rings. The van der Waals surface area contributed by atoms with Crippen molar-refractivity contribution in [2.75, 3.05) is 39.3 Å². The van der Waals surface area contributed by atoms with Gasteiger partial charge in [-0.05, 0) is 18.6 Å². The van der Waals surface area contributed by atoms with Gasteiger partial charge in [0.1, 0.15) is 11.6 Å². The number of thioether (sulfide) groups is 1. The smallest absolute Gasteiger partial charge is 0.287 e. The Morgan fingerprint density at radius 3 is 2.84 bits per heavy atom. The maximum Gasteiger partial charge on any atom is 0.287 e. The first-order valence-electron chi connectivity index (χ1n) is 8.07. The second-order valence-electron chi connectivity index (χ2n) is 5.55. The topological polar surface area (TPSA) is 80.5 Å². The molecule has 2 heterocycles. The highest BCUT2D eigenvalue weighted by Gasteiger charge is 2.12. The van der Waals surface area contributed by atoms with Crippen LogP contribution in [0.25, 0.3) is 0 Å². The molecule has 0 fully saturated rings. The minimum Gasteiger partial charge on any atom is -0.455 e. The van der Waals surface area contributed by atoms with Crippen molar-refractivity contribution in [2.45, 2.75) is 24.3 Å².